The van der Waals surface area contributed by atoms with E-state index >= 15 is 0 Å². The van der Waals surface area contributed by atoms with Gasteiger partial charge in [0.15, 0.2) is 12.1 Å². The van der Waals surface area contributed by atoms with Gasteiger partial charge in [0.1, 0.15) is 11.9 Å². The zero-order chi connectivity index (χ0) is 36.6. The Hall–Kier alpha value is -1.29. The minimum Gasteiger partial charge on any atom is -0.392 e. The maximum Gasteiger partial charge on any atom is 0.174 e. The molecule has 11 aliphatic rings. The van der Waals surface area contributed by atoms with Crippen molar-refractivity contribution in [2.24, 2.45) is 23.5 Å². The lowest BCUT2D eigenvalue weighted by Gasteiger charge is -2.63. The van der Waals surface area contributed by atoms with Crippen LogP contribution in [-0.4, -0.2) is 122 Å². The molecule has 11 saturated heterocycles. The molecule has 53 heavy (non-hydrogen) atoms. The van der Waals surface area contributed by atoms with Crippen molar-refractivity contribution >= 4 is 5.78 Å². The van der Waals surface area contributed by atoms with E-state index in [1.807, 2.05) is 0 Å². The summed E-state index contributed by atoms with van der Waals surface area (Å²) in [6, 6.07) is 0. The van der Waals surface area contributed by atoms with E-state index < -0.39 is 18.0 Å². The van der Waals surface area contributed by atoms with Gasteiger partial charge in [-0.15, -0.1) is 0 Å². The van der Waals surface area contributed by atoms with Gasteiger partial charge in [0.2, 0.25) is 0 Å². The first-order chi connectivity index (χ1) is 25.6. The average molecular weight is 744 g/mol. The molecule has 0 saturated carbocycles. The van der Waals surface area contributed by atoms with E-state index in [1.54, 1.807) is 7.11 Å². The van der Waals surface area contributed by atoms with E-state index in [2.05, 4.69) is 20.1 Å². The van der Waals surface area contributed by atoms with Crippen LogP contribution < -0.4 is 5.73 Å². The number of aliphatic hydroxyl groups is 1. The SMILES string of the molecule is C=C1C[C@@H]2CC[C@]34C[C@H]5OC(O3)[C@@H]5[C@H]3C[C@@H](O4)[C@H]4O[C@H](CC[C@@H]4O3)CC(=O)C[C@@H]3[C@@H](OC)[C@@H](C[C@H](O)CN)O[C@H]3C[C@H]3O[C@@H](CC[C@@H]1O2)C[C@@H](C)C3=C. The monoisotopic (exact) mass is 743 g/mol. The van der Waals surface area contributed by atoms with Crippen molar-refractivity contribution in [2.75, 3.05) is 13.7 Å². The highest BCUT2D eigenvalue weighted by Gasteiger charge is 2.65. The Bertz CT molecular complexity index is 1380. The fourth-order valence-electron chi connectivity index (χ4n) is 11.5. The predicted octanol–water partition coefficient (Wildman–Crippen LogP) is 4.03. The summed E-state index contributed by atoms with van der Waals surface area (Å²) in [6.45, 7) is 11.3. The van der Waals surface area contributed by atoms with Crippen LogP contribution in [0.2, 0.25) is 0 Å². The highest BCUT2D eigenvalue weighted by molar-refractivity contribution is 5.79. The smallest absolute Gasteiger partial charge is 0.174 e. The minimum atomic E-state index is -0.766. The van der Waals surface area contributed by atoms with E-state index in [0.717, 1.165) is 62.5 Å². The summed E-state index contributed by atoms with van der Waals surface area (Å²) in [5.74, 6) is -0.386. The Balaban J connectivity index is 0.988. The van der Waals surface area contributed by atoms with Gasteiger partial charge in [-0.05, 0) is 62.0 Å². The van der Waals surface area contributed by atoms with Crippen LogP contribution in [-0.2, 0) is 47.4 Å². The molecule has 0 aromatic carbocycles. The second-order valence-corrected chi connectivity index (χ2v) is 17.8. The fourth-order valence-corrected chi connectivity index (χ4v) is 11.5. The number of Topliss-reactive ketones (excluding diaryl/α,β-unsaturated/α-hetero) is 1. The Kier molecular flexibility index (Phi) is 10.5. The van der Waals surface area contributed by atoms with Gasteiger partial charge in [0, 0.05) is 64.5 Å². The van der Waals surface area contributed by atoms with Gasteiger partial charge in [0.05, 0.1) is 85.3 Å². The lowest BCUT2D eigenvalue weighted by molar-refractivity contribution is -0.483. The zero-order valence-electron chi connectivity index (χ0n) is 31.5. The Morgan fingerprint density at radius 3 is 2.43 bits per heavy atom. The Labute approximate surface area is 313 Å². The molecule has 0 aromatic heterocycles. The van der Waals surface area contributed by atoms with Crippen molar-refractivity contribution in [3.63, 3.8) is 0 Å². The maximum absolute atomic E-state index is 14.1. The normalized spacial score (nSPS) is 51.8. The number of ether oxygens (including phenoxy) is 9. The highest BCUT2D eigenvalue weighted by Crippen LogP contribution is 2.55. The van der Waals surface area contributed by atoms with Crippen molar-refractivity contribution in [1.29, 1.82) is 0 Å². The van der Waals surface area contributed by atoms with Crippen LogP contribution in [0.1, 0.15) is 96.8 Å². The molecule has 1 spiro atoms. The molecule has 12 heteroatoms. The van der Waals surface area contributed by atoms with Crippen molar-refractivity contribution in [3.8, 4) is 0 Å². The number of ketones is 1. The molecule has 12 nitrogen and oxygen atoms in total. The van der Waals surface area contributed by atoms with E-state index in [1.165, 1.54) is 0 Å². The third kappa shape index (κ3) is 7.15. The molecule has 12 bridgehead atoms. The Morgan fingerprint density at radius 2 is 1.64 bits per heavy atom. The van der Waals surface area contributed by atoms with E-state index in [4.69, 9.17) is 48.4 Å². The van der Waals surface area contributed by atoms with Gasteiger partial charge in [-0.2, -0.15) is 0 Å². The summed E-state index contributed by atoms with van der Waals surface area (Å²) < 4.78 is 59.7. The van der Waals surface area contributed by atoms with Crippen LogP contribution in [0.25, 0.3) is 0 Å². The first kappa shape index (κ1) is 37.3. The second kappa shape index (κ2) is 14.9. The molecular formula is C41H61NO11. The zero-order valence-corrected chi connectivity index (χ0v) is 31.5. The van der Waals surface area contributed by atoms with Crippen LogP contribution >= 0.6 is 0 Å². The molecule has 296 valence electrons. The number of fused-ring (bicyclic) bond motifs is 6. The summed E-state index contributed by atoms with van der Waals surface area (Å²) in [4.78, 5) is 14.1. The van der Waals surface area contributed by atoms with E-state index in [0.29, 0.717) is 32.1 Å². The molecule has 19 atom stereocenters. The van der Waals surface area contributed by atoms with Crippen LogP contribution in [0, 0.1) is 17.8 Å². The summed E-state index contributed by atoms with van der Waals surface area (Å²) >= 11 is 0. The minimum absolute atomic E-state index is 0.00411. The number of hydrogen-bond acceptors (Lipinski definition) is 12. The fraction of sp³-hybridized carbons (Fsp3) is 0.878. The molecule has 11 fully saturated rings. The first-order valence-electron chi connectivity index (χ1n) is 20.7. The Morgan fingerprint density at radius 1 is 0.830 bits per heavy atom. The molecule has 11 rings (SSSR count). The van der Waals surface area contributed by atoms with Gasteiger partial charge in [-0.25, -0.2) is 0 Å². The summed E-state index contributed by atoms with van der Waals surface area (Å²) in [7, 11) is 1.66. The predicted molar refractivity (Wildman–Crippen MR) is 191 cm³/mol. The molecule has 3 N–H and O–H groups in total. The lowest BCUT2D eigenvalue weighted by atomic mass is 9.75. The summed E-state index contributed by atoms with van der Waals surface area (Å²) in [5, 5.41) is 10.5. The van der Waals surface area contributed by atoms with E-state index in [9.17, 15) is 9.90 Å². The first-order valence-corrected chi connectivity index (χ1v) is 20.7. The number of nitrogens with two attached hydrogens (primary N) is 1. The van der Waals surface area contributed by atoms with Gasteiger partial charge in [-0.3, -0.25) is 4.79 Å². The van der Waals surface area contributed by atoms with E-state index in [-0.39, 0.29) is 116 Å². The molecule has 0 radical (unpaired) electrons. The number of rotatable bonds is 4. The van der Waals surface area contributed by atoms with Gasteiger partial charge < -0.3 is 53.5 Å². The van der Waals surface area contributed by atoms with Crippen LogP contribution in [0.15, 0.2) is 24.3 Å². The number of hydrogen-bond donors (Lipinski definition) is 2. The summed E-state index contributed by atoms with van der Waals surface area (Å²) in [6.07, 6.45) is 6.41. The third-order valence-corrected chi connectivity index (χ3v) is 14.3. The molecule has 0 aromatic rings. The van der Waals surface area contributed by atoms with Crippen molar-refractivity contribution in [1.82, 2.24) is 0 Å². The molecule has 11 heterocycles. The molecule has 0 amide bonds. The highest BCUT2D eigenvalue weighted by atomic mass is 16.8. The largest absolute Gasteiger partial charge is 0.392 e. The van der Waals surface area contributed by atoms with Gasteiger partial charge in [-0.1, -0.05) is 20.1 Å². The topological polar surface area (TPSA) is 146 Å². The van der Waals surface area contributed by atoms with Crippen molar-refractivity contribution in [2.45, 2.75) is 194 Å². The van der Waals surface area contributed by atoms with Crippen molar-refractivity contribution < 1.29 is 52.5 Å². The van der Waals surface area contributed by atoms with Crippen molar-refractivity contribution in [3.05, 3.63) is 24.3 Å². The van der Waals surface area contributed by atoms with Crippen LogP contribution in [0.3, 0.4) is 0 Å². The molecule has 0 aliphatic carbocycles. The third-order valence-electron chi connectivity index (χ3n) is 14.3. The standard InChI is InChI=1S/C41H61NO11/c1-20-11-25-5-7-29-21(2)12-27(46-29)9-10-41-18-36-37(40(51-36)53-41)33-17-35(52-41)39-30(49-33)8-6-26(48-39)13-23(43)14-28-32(16-31(47-25)22(20)3)50-34(38(28)45-4)15-24(44)19-42/h20,24-40,44H,2-3,5-19,42H2,1,4H3/t20-,24+,25+,26-,27+,28+,29+,30+,31-,32+,33-,34-,35-,36-,37-,38-,39+,40?,41-/m1/s1. The molecule has 1 unspecified atom stereocenters. The second-order valence-electron chi connectivity index (χ2n) is 17.8. The summed E-state index contributed by atoms with van der Waals surface area (Å²) in [5.41, 5.74) is 8.02. The van der Waals surface area contributed by atoms with Crippen LogP contribution in [0.4, 0.5) is 0 Å². The number of aliphatic hydroxyl groups excluding tert-OH is 1. The number of carbonyl (C=O) groups excluding carboxylic acids is 1. The quantitative estimate of drug-likeness (QED) is 0.401. The van der Waals surface area contributed by atoms with Crippen LogP contribution in [0.5, 0.6) is 0 Å². The van der Waals surface area contributed by atoms with Gasteiger partial charge >= 0.3 is 0 Å². The number of methoxy groups -OCH3 is 1. The molecular weight excluding hydrogens is 682 g/mol. The molecule has 11 aliphatic heterocycles. The number of carbonyl (C=O) groups is 1. The maximum atomic E-state index is 14.1. The lowest BCUT2D eigenvalue weighted by Crippen LogP contribution is -2.72. The van der Waals surface area contributed by atoms with Gasteiger partial charge in [0.25, 0.3) is 0 Å². The average Bonchev–Trinajstić information content (AvgIpc) is 3.64.